The second kappa shape index (κ2) is 7.50. The molecule has 1 amide bonds. The van der Waals surface area contributed by atoms with Crippen LogP contribution in [0.4, 0.5) is 0 Å². The summed E-state index contributed by atoms with van der Waals surface area (Å²) in [4.78, 5) is 12.2. The quantitative estimate of drug-likeness (QED) is 0.871. The number of fused-ring (bicyclic) bond motifs is 1. The van der Waals surface area contributed by atoms with Crippen LogP contribution in [0.2, 0.25) is 0 Å². The molecule has 0 aliphatic carbocycles. The largest absolute Gasteiger partial charge is 0.493 e. The van der Waals surface area contributed by atoms with Gasteiger partial charge in [0, 0.05) is 12.5 Å². The Kier molecular flexibility index (Phi) is 4.93. The highest BCUT2D eigenvalue weighted by Crippen LogP contribution is 2.30. The van der Waals surface area contributed by atoms with Crippen molar-refractivity contribution in [3.63, 3.8) is 0 Å². The highest BCUT2D eigenvalue weighted by molar-refractivity contribution is 5.78. The maximum atomic E-state index is 12.2. The maximum Gasteiger partial charge on any atom is 0.223 e. The van der Waals surface area contributed by atoms with Crippen molar-refractivity contribution in [2.24, 2.45) is 11.8 Å². The van der Waals surface area contributed by atoms with Crippen molar-refractivity contribution in [3.8, 4) is 16.9 Å². The first-order valence-electron chi connectivity index (χ1n) is 9.54. The fourth-order valence-electron chi connectivity index (χ4n) is 3.58. The highest BCUT2D eigenvalue weighted by Gasteiger charge is 2.28. The molecule has 4 rings (SSSR count). The number of hydrogen-bond acceptors (Lipinski definition) is 3. The molecule has 1 fully saturated rings. The molecule has 1 saturated heterocycles. The van der Waals surface area contributed by atoms with E-state index in [-0.39, 0.29) is 11.8 Å². The van der Waals surface area contributed by atoms with Crippen LogP contribution in [-0.2, 0) is 17.8 Å². The Morgan fingerprint density at radius 2 is 1.96 bits per heavy atom. The van der Waals surface area contributed by atoms with Crippen LogP contribution in [0.15, 0.2) is 42.5 Å². The molecule has 0 saturated carbocycles. The van der Waals surface area contributed by atoms with Gasteiger partial charge in [0.15, 0.2) is 0 Å². The number of aryl methyl sites for hydroxylation is 1. The van der Waals surface area contributed by atoms with Crippen molar-refractivity contribution in [1.82, 2.24) is 10.6 Å². The van der Waals surface area contributed by atoms with Gasteiger partial charge in [-0.3, -0.25) is 4.79 Å². The van der Waals surface area contributed by atoms with Crippen LogP contribution in [0.5, 0.6) is 5.75 Å². The zero-order valence-electron chi connectivity index (χ0n) is 15.3. The van der Waals surface area contributed by atoms with E-state index in [1.165, 1.54) is 16.7 Å². The van der Waals surface area contributed by atoms with E-state index in [9.17, 15) is 4.79 Å². The Balaban J connectivity index is 1.38. The van der Waals surface area contributed by atoms with Gasteiger partial charge in [0.2, 0.25) is 5.91 Å². The standard InChI is InChI=1S/C22H26N2O2/c1-15(20-13-23-14-20)22(25)24-12-16-4-6-17(7-5-16)18-8-9-21-19(11-18)3-2-10-26-21/h4-9,11,15,20,23H,2-3,10,12-14H2,1H3,(H,24,25). The number of nitrogens with one attached hydrogen (secondary N) is 2. The maximum absolute atomic E-state index is 12.2. The van der Waals surface area contributed by atoms with Crippen LogP contribution >= 0.6 is 0 Å². The van der Waals surface area contributed by atoms with Crippen molar-refractivity contribution in [2.45, 2.75) is 26.3 Å². The van der Waals surface area contributed by atoms with E-state index in [1.54, 1.807) is 0 Å². The summed E-state index contributed by atoms with van der Waals surface area (Å²) < 4.78 is 5.69. The van der Waals surface area contributed by atoms with E-state index in [4.69, 9.17) is 4.74 Å². The molecule has 136 valence electrons. The van der Waals surface area contributed by atoms with Crippen molar-refractivity contribution in [2.75, 3.05) is 19.7 Å². The fourth-order valence-corrected chi connectivity index (χ4v) is 3.58. The van der Waals surface area contributed by atoms with E-state index in [1.807, 2.05) is 6.92 Å². The lowest BCUT2D eigenvalue weighted by molar-refractivity contribution is -0.126. The average Bonchev–Trinajstić information content (AvgIpc) is 2.64. The van der Waals surface area contributed by atoms with E-state index in [0.29, 0.717) is 12.5 Å². The summed E-state index contributed by atoms with van der Waals surface area (Å²) in [5.74, 6) is 1.73. The molecule has 2 aliphatic heterocycles. The average molecular weight is 350 g/mol. The van der Waals surface area contributed by atoms with E-state index in [0.717, 1.165) is 43.9 Å². The smallest absolute Gasteiger partial charge is 0.223 e. The topological polar surface area (TPSA) is 50.4 Å². The molecule has 2 heterocycles. The number of benzene rings is 2. The molecule has 0 bridgehead atoms. The van der Waals surface area contributed by atoms with Crippen LogP contribution in [0.3, 0.4) is 0 Å². The second-order valence-electron chi connectivity index (χ2n) is 7.40. The van der Waals surface area contributed by atoms with Gasteiger partial charge in [0.1, 0.15) is 5.75 Å². The summed E-state index contributed by atoms with van der Waals surface area (Å²) in [7, 11) is 0. The minimum atomic E-state index is 0.0771. The van der Waals surface area contributed by atoms with Crippen LogP contribution in [0, 0.1) is 11.8 Å². The Morgan fingerprint density at radius 3 is 2.69 bits per heavy atom. The molecule has 4 nitrogen and oxygen atoms in total. The number of hydrogen-bond donors (Lipinski definition) is 2. The molecule has 2 aromatic rings. The molecule has 1 unspecified atom stereocenters. The molecule has 0 radical (unpaired) electrons. The SMILES string of the molecule is CC(C(=O)NCc1ccc(-c2ccc3c(c2)CCCO3)cc1)C1CNC1. The Hall–Kier alpha value is -2.33. The first kappa shape index (κ1) is 17.1. The molecule has 2 aromatic carbocycles. The third-order valence-corrected chi connectivity index (χ3v) is 5.60. The molecule has 2 aliphatic rings. The molecule has 4 heteroatoms. The molecule has 0 aromatic heterocycles. The van der Waals surface area contributed by atoms with Crippen molar-refractivity contribution in [1.29, 1.82) is 0 Å². The predicted molar refractivity (Wildman–Crippen MR) is 103 cm³/mol. The van der Waals surface area contributed by atoms with E-state index >= 15 is 0 Å². The zero-order chi connectivity index (χ0) is 17.9. The van der Waals surface area contributed by atoms with Crippen LogP contribution in [-0.4, -0.2) is 25.6 Å². The lowest BCUT2D eigenvalue weighted by Crippen LogP contribution is -2.49. The Bertz CT molecular complexity index is 781. The van der Waals surface area contributed by atoms with Gasteiger partial charge < -0.3 is 15.4 Å². The first-order chi connectivity index (χ1) is 12.7. The molecule has 0 spiro atoms. The number of ether oxygens (including phenoxy) is 1. The first-order valence-corrected chi connectivity index (χ1v) is 9.54. The monoisotopic (exact) mass is 350 g/mol. The summed E-state index contributed by atoms with van der Waals surface area (Å²) >= 11 is 0. The van der Waals surface area contributed by atoms with Crippen molar-refractivity contribution >= 4 is 5.91 Å². The minimum absolute atomic E-state index is 0.0771. The zero-order valence-corrected chi connectivity index (χ0v) is 15.3. The Labute approximate surface area is 155 Å². The number of carbonyl (C=O) groups is 1. The third-order valence-electron chi connectivity index (χ3n) is 5.60. The summed E-state index contributed by atoms with van der Waals surface area (Å²) in [6.07, 6.45) is 2.17. The number of carbonyl (C=O) groups excluding carboxylic acids is 1. The van der Waals surface area contributed by atoms with Crippen LogP contribution in [0.1, 0.15) is 24.5 Å². The minimum Gasteiger partial charge on any atom is -0.493 e. The summed E-state index contributed by atoms with van der Waals surface area (Å²) in [6.45, 7) is 5.33. The van der Waals surface area contributed by atoms with Crippen molar-refractivity contribution < 1.29 is 9.53 Å². The fraction of sp³-hybridized carbons (Fsp3) is 0.409. The number of rotatable bonds is 5. The number of amides is 1. The molecule has 2 N–H and O–H groups in total. The summed E-state index contributed by atoms with van der Waals surface area (Å²) in [5.41, 5.74) is 4.84. The highest BCUT2D eigenvalue weighted by atomic mass is 16.5. The van der Waals surface area contributed by atoms with E-state index in [2.05, 4.69) is 53.1 Å². The van der Waals surface area contributed by atoms with Gasteiger partial charge in [-0.2, -0.15) is 0 Å². The van der Waals surface area contributed by atoms with Gasteiger partial charge in [-0.1, -0.05) is 37.3 Å². The van der Waals surface area contributed by atoms with Crippen molar-refractivity contribution in [3.05, 3.63) is 53.6 Å². The van der Waals surface area contributed by atoms with E-state index < -0.39 is 0 Å². The van der Waals surface area contributed by atoms with Crippen LogP contribution in [0.25, 0.3) is 11.1 Å². The van der Waals surface area contributed by atoms with Gasteiger partial charge in [0.25, 0.3) is 0 Å². The predicted octanol–water partition coefficient (Wildman–Crippen LogP) is 3.15. The van der Waals surface area contributed by atoms with Gasteiger partial charge in [-0.25, -0.2) is 0 Å². The summed E-state index contributed by atoms with van der Waals surface area (Å²) in [6, 6.07) is 14.9. The van der Waals surface area contributed by atoms with Gasteiger partial charge in [-0.15, -0.1) is 0 Å². The third kappa shape index (κ3) is 3.61. The molecule has 1 atom stereocenters. The van der Waals surface area contributed by atoms with Crippen LogP contribution < -0.4 is 15.4 Å². The lowest BCUT2D eigenvalue weighted by atomic mass is 9.88. The molecule has 26 heavy (non-hydrogen) atoms. The summed E-state index contributed by atoms with van der Waals surface area (Å²) in [5, 5.41) is 6.29. The van der Waals surface area contributed by atoms with Gasteiger partial charge in [-0.05, 0) is 66.2 Å². The molecular formula is C22H26N2O2. The second-order valence-corrected chi connectivity index (χ2v) is 7.40. The molecular weight excluding hydrogens is 324 g/mol. The van der Waals surface area contributed by atoms with Gasteiger partial charge in [0.05, 0.1) is 6.61 Å². The Morgan fingerprint density at radius 1 is 1.19 bits per heavy atom. The van der Waals surface area contributed by atoms with Gasteiger partial charge >= 0.3 is 0 Å². The lowest BCUT2D eigenvalue weighted by Gasteiger charge is -2.31. The normalized spacial score (nSPS) is 17.6.